The molecule has 2 aromatic rings. The summed E-state index contributed by atoms with van der Waals surface area (Å²) in [5.74, 6) is -1.31. The summed E-state index contributed by atoms with van der Waals surface area (Å²) >= 11 is 0.915. The summed E-state index contributed by atoms with van der Waals surface area (Å²) < 4.78 is 38.5. The van der Waals surface area contributed by atoms with E-state index in [4.69, 9.17) is 0 Å². The summed E-state index contributed by atoms with van der Waals surface area (Å²) in [5, 5.41) is 9.90. The van der Waals surface area contributed by atoms with E-state index in [9.17, 15) is 27.9 Å². The average molecular weight is 386 g/mol. The number of carbonyl (C=O) groups is 2. The lowest BCUT2D eigenvalue weighted by Crippen LogP contribution is -2.48. The quantitative estimate of drug-likeness (QED) is 0.848. The average Bonchev–Trinajstić information content (AvgIpc) is 2.90. The first kappa shape index (κ1) is 18.6. The van der Waals surface area contributed by atoms with Crippen LogP contribution in [0.25, 0.3) is 10.2 Å². The van der Waals surface area contributed by atoms with Crippen LogP contribution in [0.5, 0.6) is 0 Å². The highest BCUT2D eigenvalue weighted by Crippen LogP contribution is 2.36. The second-order valence-electron chi connectivity index (χ2n) is 6.80. The maximum absolute atomic E-state index is 12.9. The molecule has 140 valence electrons. The molecular weight excluding hydrogens is 369 g/mol. The molecule has 26 heavy (non-hydrogen) atoms. The van der Waals surface area contributed by atoms with Crippen LogP contribution in [-0.4, -0.2) is 40.0 Å². The monoisotopic (exact) mass is 386 g/mol. The summed E-state index contributed by atoms with van der Waals surface area (Å²) in [7, 11) is 0. The van der Waals surface area contributed by atoms with Crippen LogP contribution in [0.15, 0.2) is 12.1 Å². The molecule has 0 bridgehead atoms. The Morgan fingerprint density at radius 3 is 2.65 bits per heavy atom. The number of halogens is 3. The zero-order chi connectivity index (χ0) is 19.3. The van der Waals surface area contributed by atoms with Gasteiger partial charge < -0.3 is 10.0 Å². The molecule has 0 aromatic carbocycles. The van der Waals surface area contributed by atoms with Gasteiger partial charge in [-0.25, -0.2) is 4.98 Å². The smallest absolute Gasteiger partial charge is 0.433 e. The van der Waals surface area contributed by atoms with E-state index in [-0.39, 0.29) is 17.3 Å². The van der Waals surface area contributed by atoms with E-state index in [0.29, 0.717) is 35.2 Å². The van der Waals surface area contributed by atoms with Crippen LogP contribution >= 0.6 is 11.3 Å². The fourth-order valence-corrected chi connectivity index (χ4v) is 4.34. The third-order valence-electron chi connectivity index (χ3n) is 4.79. The Morgan fingerprint density at radius 2 is 2.04 bits per heavy atom. The summed E-state index contributed by atoms with van der Waals surface area (Å²) in [6, 6.07) is 2.23. The van der Waals surface area contributed by atoms with Crippen LogP contribution in [0.3, 0.4) is 0 Å². The molecule has 0 radical (unpaired) electrons. The van der Waals surface area contributed by atoms with Crippen molar-refractivity contribution in [2.24, 2.45) is 5.41 Å². The van der Waals surface area contributed by atoms with Crippen molar-refractivity contribution in [3.05, 3.63) is 28.3 Å². The zero-order valence-electron chi connectivity index (χ0n) is 14.2. The van der Waals surface area contributed by atoms with Gasteiger partial charge >= 0.3 is 12.1 Å². The number of aliphatic carboxylic acids is 1. The normalized spacial score (nSPS) is 21.2. The number of carboxylic acids is 1. The first-order valence-corrected chi connectivity index (χ1v) is 8.84. The van der Waals surface area contributed by atoms with Gasteiger partial charge in [0.25, 0.3) is 5.91 Å². The Bertz CT molecular complexity index is 893. The summed E-state index contributed by atoms with van der Waals surface area (Å²) in [4.78, 5) is 29.9. The first-order chi connectivity index (χ1) is 12.0. The molecule has 0 aliphatic carbocycles. The lowest BCUT2D eigenvalue weighted by atomic mass is 9.82. The van der Waals surface area contributed by atoms with Crippen molar-refractivity contribution in [2.45, 2.75) is 32.9 Å². The number of amides is 1. The van der Waals surface area contributed by atoms with Crippen molar-refractivity contribution < 1.29 is 27.9 Å². The van der Waals surface area contributed by atoms with Gasteiger partial charge in [0, 0.05) is 18.5 Å². The minimum Gasteiger partial charge on any atom is -0.481 e. The predicted molar refractivity (Wildman–Crippen MR) is 90.2 cm³/mol. The summed E-state index contributed by atoms with van der Waals surface area (Å²) in [6.45, 7) is 3.78. The number of aromatic nitrogens is 1. The molecular formula is C17H17F3N2O3S. The standard InChI is InChI=1S/C17H17F3N2O3S/c1-9-10-4-5-11(17(18,19)20)21-13(10)26-12(9)14(23)22-7-3-6-16(2,8-22)15(24)25/h4-5H,3,6-8H2,1-2H3,(H,24,25). The molecule has 0 saturated carbocycles. The van der Waals surface area contributed by atoms with E-state index in [1.165, 1.54) is 11.0 Å². The fourth-order valence-electron chi connectivity index (χ4n) is 3.19. The van der Waals surface area contributed by atoms with Crippen LogP contribution < -0.4 is 0 Å². The Morgan fingerprint density at radius 1 is 1.35 bits per heavy atom. The van der Waals surface area contributed by atoms with Gasteiger partial charge in [0.05, 0.1) is 10.3 Å². The van der Waals surface area contributed by atoms with Crippen LogP contribution in [0.1, 0.15) is 40.7 Å². The molecule has 1 saturated heterocycles. The van der Waals surface area contributed by atoms with Gasteiger partial charge in [-0.15, -0.1) is 11.3 Å². The van der Waals surface area contributed by atoms with Gasteiger partial charge in [-0.1, -0.05) is 0 Å². The Hall–Kier alpha value is -2.16. The van der Waals surface area contributed by atoms with E-state index in [0.717, 1.165) is 17.4 Å². The van der Waals surface area contributed by atoms with Crippen LogP contribution in [0.4, 0.5) is 13.2 Å². The van der Waals surface area contributed by atoms with Crippen molar-refractivity contribution in [3.8, 4) is 0 Å². The van der Waals surface area contributed by atoms with Gasteiger partial charge in [-0.2, -0.15) is 13.2 Å². The molecule has 1 amide bonds. The highest BCUT2D eigenvalue weighted by atomic mass is 32.1. The van der Waals surface area contributed by atoms with Crippen molar-refractivity contribution >= 4 is 33.4 Å². The fraction of sp³-hybridized carbons (Fsp3) is 0.471. The second-order valence-corrected chi connectivity index (χ2v) is 7.80. The van der Waals surface area contributed by atoms with E-state index in [1.807, 2.05) is 0 Å². The Balaban J connectivity index is 1.96. The minimum atomic E-state index is -4.55. The number of fused-ring (bicyclic) bond motifs is 1. The number of alkyl halides is 3. The van der Waals surface area contributed by atoms with Crippen molar-refractivity contribution in [1.82, 2.24) is 9.88 Å². The summed E-state index contributed by atoms with van der Waals surface area (Å²) in [5.41, 5.74) is -1.44. The topological polar surface area (TPSA) is 70.5 Å². The van der Waals surface area contributed by atoms with Gasteiger partial charge in [-0.05, 0) is 44.4 Å². The zero-order valence-corrected chi connectivity index (χ0v) is 15.0. The number of rotatable bonds is 2. The van der Waals surface area contributed by atoms with Crippen molar-refractivity contribution in [2.75, 3.05) is 13.1 Å². The number of carboxylic acid groups (broad SMARTS) is 1. The molecule has 1 fully saturated rings. The van der Waals surface area contributed by atoms with Gasteiger partial charge in [0.1, 0.15) is 10.5 Å². The van der Waals surface area contributed by atoms with Crippen LogP contribution in [0, 0.1) is 12.3 Å². The third-order valence-corrected chi connectivity index (χ3v) is 5.98. The molecule has 9 heteroatoms. The minimum absolute atomic E-state index is 0.0794. The largest absolute Gasteiger partial charge is 0.481 e. The lowest BCUT2D eigenvalue weighted by molar-refractivity contribution is -0.150. The van der Waals surface area contributed by atoms with E-state index < -0.39 is 23.3 Å². The predicted octanol–water partition coefficient (Wildman–Crippen LogP) is 3.95. The number of thiophene rings is 1. The molecule has 1 aliphatic rings. The molecule has 1 aliphatic heterocycles. The van der Waals surface area contributed by atoms with Gasteiger partial charge in [0.15, 0.2) is 0 Å². The molecule has 2 aromatic heterocycles. The number of carbonyl (C=O) groups excluding carboxylic acids is 1. The second kappa shape index (κ2) is 6.22. The number of aryl methyl sites for hydroxylation is 1. The number of nitrogens with zero attached hydrogens (tertiary/aromatic N) is 2. The maximum Gasteiger partial charge on any atom is 0.433 e. The first-order valence-electron chi connectivity index (χ1n) is 8.03. The number of piperidine rings is 1. The number of pyridine rings is 1. The number of hydrogen-bond donors (Lipinski definition) is 1. The molecule has 1 atom stereocenters. The van der Waals surface area contributed by atoms with Gasteiger partial charge in [0.2, 0.25) is 0 Å². The van der Waals surface area contributed by atoms with E-state index in [1.54, 1.807) is 13.8 Å². The highest BCUT2D eigenvalue weighted by molar-refractivity contribution is 7.20. The third kappa shape index (κ3) is 3.15. The summed E-state index contributed by atoms with van der Waals surface area (Å²) in [6.07, 6.45) is -3.50. The van der Waals surface area contributed by atoms with Crippen molar-refractivity contribution in [3.63, 3.8) is 0 Å². The van der Waals surface area contributed by atoms with Gasteiger partial charge in [-0.3, -0.25) is 9.59 Å². The van der Waals surface area contributed by atoms with Crippen LogP contribution in [0.2, 0.25) is 0 Å². The molecule has 5 nitrogen and oxygen atoms in total. The molecule has 3 heterocycles. The number of hydrogen-bond acceptors (Lipinski definition) is 4. The number of likely N-dealkylation sites (tertiary alicyclic amines) is 1. The maximum atomic E-state index is 12.9. The highest BCUT2D eigenvalue weighted by Gasteiger charge is 2.40. The van der Waals surface area contributed by atoms with E-state index >= 15 is 0 Å². The van der Waals surface area contributed by atoms with Crippen LogP contribution in [-0.2, 0) is 11.0 Å². The molecule has 0 spiro atoms. The Labute approximate surface area is 151 Å². The lowest BCUT2D eigenvalue weighted by Gasteiger charge is -2.37. The van der Waals surface area contributed by atoms with E-state index in [2.05, 4.69) is 4.98 Å². The Kier molecular flexibility index (Phi) is 4.46. The molecule has 1 unspecified atom stereocenters. The molecule has 1 N–H and O–H groups in total. The molecule has 3 rings (SSSR count). The SMILES string of the molecule is Cc1c(C(=O)N2CCCC(C)(C(=O)O)C2)sc2nc(C(F)(F)F)ccc12. The van der Waals surface area contributed by atoms with Crippen molar-refractivity contribution in [1.29, 1.82) is 0 Å².